The van der Waals surface area contributed by atoms with Gasteiger partial charge in [-0.3, -0.25) is 0 Å². The summed E-state index contributed by atoms with van der Waals surface area (Å²) in [5, 5.41) is 5.62. The summed E-state index contributed by atoms with van der Waals surface area (Å²) >= 11 is 0. The number of hydrogen-bond donors (Lipinski definition) is 0. The zero-order valence-electron chi connectivity index (χ0n) is 29.2. The van der Waals surface area contributed by atoms with Crippen LogP contribution in [-0.4, -0.2) is 15.0 Å². The van der Waals surface area contributed by atoms with Gasteiger partial charge in [0.2, 0.25) is 0 Å². The molecule has 1 aliphatic carbocycles. The molecule has 1 aliphatic rings. The van der Waals surface area contributed by atoms with Crippen molar-refractivity contribution < 1.29 is 8.83 Å². The maximum absolute atomic E-state index is 6.28. The van der Waals surface area contributed by atoms with Gasteiger partial charge in [-0.1, -0.05) is 140 Å². The Hall–Kier alpha value is -7.11. The lowest BCUT2D eigenvalue weighted by Gasteiger charge is -2.11. The molecule has 0 saturated heterocycles. The molecule has 0 saturated carbocycles. The summed E-state index contributed by atoms with van der Waals surface area (Å²) in [5.74, 6) is 2.89. The van der Waals surface area contributed by atoms with Gasteiger partial charge in [0, 0.05) is 44.8 Å². The molecule has 7 aromatic carbocycles. The number of benzene rings is 7. The minimum absolute atomic E-state index is 0.597. The van der Waals surface area contributed by atoms with Crippen LogP contribution in [0.3, 0.4) is 0 Å². The summed E-state index contributed by atoms with van der Waals surface area (Å²) in [6.45, 7) is 0. The largest absolute Gasteiger partial charge is 0.460 e. The number of allylic oxidation sites excluding steroid dienone is 1. The second-order valence-electron chi connectivity index (χ2n) is 13.9. The van der Waals surface area contributed by atoms with Crippen LogP contribution in [0.5, 0.6) is 0 Å². The van der Waals surface area contributed by atoms with Crippen LogP contribution in [0.15, 0.2) is 167 Å². The Morgan fingerprint density at radius 3 is 1.83 bits per heavy atom. The number of aryl methyl sites for hydroxylation is 1. The predicted octanol–water partition coefficient (Wildman–Crippen LogP) is 13.0. The van der Waals surface area contributed by atoms with Crippen LogP contribution < -0.4 is 0 Å². The molecule has 0 radical (unpaired) electrons. The van der Waals surface area contributed by atoms with Crippen molar-refractivity contribution in [2.24, 2.45) is 0 Å². The maximum Gasteiger partial charge on any atom is 0.164 e. The van der Waals surface area contributed by atoms with E-state index in [0.29, 0.717) is 17.5 Å². The van der Waals surface area contributed by atoms with E-state index in [9.17, 15) is 0 Å². The van der Waals surface area contributed by atoms with E-state index in [0.717, 1.165) is 85.1 Å². The Labute approximate surface area is 310 Å². The van der Waals surface area contributed by atoms with E-state index < -0.39 is 0 Å². The van der Waals surface area contributed by atoms with E-state index in [1.807, 2.05) is 36.4 Å². The van der Waals surface area contributed by atoms with E-state index in [2.05, 4.69) is 127 Å². The first-order valence-corrected chi connectivity index (χ1v) is 18.3. The van der Waals surface area contributed by atoms with Gasteiger partial charge in [0.15, 0.2) is 17.5 Å². The van der Waals surface area contributed by atoms with Crippen LogP contribution in [0.2, 0.25) is 0 Å². The number of fused-ring (bicyclic) bond motifs is 8. The van der Waals surface area contributed by atoms with Crippen molar-refractivity contribution in [1.29, 1.82) is 0 Å². The molecule has 5 nitrogen and oxygen atoms in total. The molecule has 11 rings (SSSR count). The second-order valence-corrected chi connectivity index (χ2v) is 13.9. The highest BCUT2D eigenvalue weighted by Crippen LogP contribution is 2.39. The van der Waals surface area contributed by atoms with Gasteiger partial charge in [-0.05, 0) is 63.7 Å². The fraction of sp³-hybridized carbons (Fsp3) is 0.0408. The van der Waals surface area contributed by atoms with Crippen molar-refractivity contribution in [3.05, 3.63) is 169 Å². The Balaban J connectivity index is 1.03. The molecule has 0 amide bonds. The highest BCUT2D eigenvalue weighted by Gasteiger charge is 2.19. The normalized spacial score (nSPS) is 12.6. The van der Waals surface area contributed by atoms with Crippen molar-refractivity contribution >= 4 is 49.8 Å². The molecule has 54 heavy (non-hydrogen) atoms. The van der Waals surface area contributed by atoms with E-state index in [-0.39, 0.29) is 0 Å². The number of hydrogen-bond acceptors (Lipinski definition) is 5. The Morgan fingerprint density at radius 2 is 1.04 bits per heavy atom. The van der Waals surface area contributed by atoms with Crippen molar-refractivity contribution in [1.82, 2.24) is 15.0 Å². The molecule has 3 heterocycles. The number of furan rings is 2. The minimum atomic E-state index is 0.597. The molecular formula is C49H31N3O2. The zero-order valence-corrected chi connectivity index (χ0v) is 29.2. The van der Waals surface area contributed by atoms with Crippen molar-refractivity contribution in [2.45, 2.75) is 12.8 Å². The summed E-state index contributed by atoms with van der Waals surface area (Å²) in [5.41, 5.74) is 11.1. The van der Waals surface area contributed by atoms with Gasteiger partial charge in [-0.15, -0.1) is 0 Å². The summed E-state index contributed by atoms with van der Waals surface area (Å²) < 4.78 is 12.5. The van der Waals surface area contributed by atoms with Crippen molar-refractivity contribution in [3.63, 3.8) is 0 Å². The van der Waals surface area contributed by atoms with Crippen molar-refractivity contribution in [2.75, 3.05) is 0 Å². The third kappa shape index (κ3) is 5.05. The topological polar surface area (TPSA) is 65.0 Å². The van der Waals surface area contributed by atoms with Gasteiger partial charge in [-0.25, -0.2) is 15.0 Å². The summed E-state index contributed by atoms with van der Waals surface area (Å²) in [6.07, 6.45) is 6.42. The fourth-order valence-electron chi connectivity index (χ4n) is 7.92. The highest BCUT2D eigenvalue weighted by atomic mass is 16.3. The molecule has 254 valence electrons. The van der Waals surface area contributed by atoms with Crippen LogP contribution in [0, 0.1) is 0 Å². The molecule has 0 aliphatic heterocycles. The van der Waals surface area contributed by atoms with Gasteiger partial charge in [-0.2, -0.15) is 0 Å². The van der Waals surface area contributed by atoms with Gasteiger partial charge in [0.05, 0.1) is 0 Å². The van der Waals surface area contributed by atoms with Crippen LogP contribution in [0.25, 0.3) is 106 Å². The monoisotopic (exact) mass is 693 g/mol. The van der Waals surface area contributed by atoms with E-state index in [1.165, 1.54) is 21.7 Å². The Morgan fingerprint density at radius 1 is 0.426 bits per heavy atom. The fourth-order valence-corrected chi connectivity index (χ4v) is 7.92. The number of para-hydroxylation sites is 1. The SMILES string of the molecule is C1=Cc2c(oc3ccc4ccc(-c5ccc(-c6nc(-c7ccc(-c8ccccc8)cc7)nc(-c7cccc8oc9ccccc9c78)n6)cc5)cc4c23)CC1. The lowest BCUT2D eigenvalue weighted by atomic mass is 9.95. The average molecular weight is 694 g/mol. The van der Waals surface area contributed by atoms with E-state index in [1.54, 1.807) is 0 Å². The maximum atomic E-state index is 6.28. The Kier molecular flexibility index (Phi) is 6.92. The molecule has 10 aromatic rings. The smallest absolute Gasteiger partial charge is 0.164 e. The number of rotatable bonds is 5. The summed E-state index contributed by atoms with van der Waals surface area (Å²) in [6, 6.07) is 52.5. The van der Waals surface area contributed by atoms with Gasteiger partial charge in [0.25, 0.3) is 0 Å². The third-order valence-corrected chi connectivity index (χ3v) is 10.6. The highest BCUT2D eigenvalue weighted by molar-refractivity contribution is 6.12. The average Bonchev–Trinajstić information content (AvgIpc) is 3.83. The van der Waals surface area contributed by atoms with Gasteiger partial charge >= 0.3 is 0 Å². The molecule has 0 unspecified atom stereocenters. The molecule has 0 bridgehead atoms. The number of nitrogens with zero attached hydrogens (tertiary/aromatic N) is 3. The first-order valence-electron chi connectivity index (χ1n) is 18.3. The molecule has 0 spiro atoms. The van der Waals surface area contributed by atoms with E-state index >= 15 is 0 Å². The molecule has 3 aromatic heterocycles. The molecule has 0 N–H and O–H groups in total. The molecule has 5 heteroatoms. The molecular weight excluding hydrogens is 663 g/mol. The summed E-state index contributed by atoms with van der Waals surface area (Å²) in [7, 11) is 0. The molecule has 0 fully saturated rings. The van der Waals surface area contributed by atoms with Crippen LogP contribution in [0.4, 0.5) is 0 Å². The standard InChI is InChI=1S/C49H31N3O2/c1-2-9-30(10-3-1)31-17-22-34(23-18-31)47-50-48(52-49(51-47)39-13-8-16-43-45(39)37-11-4-6-14-41(37)53-43)35-24-19-32(20-25-35)36-26-21-33-27-28-44-46(40(33)29-36)38-12-5-7-15-42(38)54-44/h1-6,8-14,16-29H,7,15H2. The molecule has 0 atom stereocenters. The Bertz CT molecular complexity index is 3080. The van der Waals surface area contributed by atoms with E-state index in [4.69, 9.17) is 23.8 Å². The minimum Gasteiger partial charge on any atom is -0.460 e. The zero-order chi connectivity index (χ0) is 35.6. The quantitative estimate of drug-likeness (QED) is 0.179. The second kappa shape index (κ2) is 12.2. The van der Waals surface area contributed by atoms with Crippen LogP contribution in [0.1, 0.15) is 17.7 Å². The third-order valence-electron chi connectivity index (χ3n) is 10.6. The van der Waals surface area contributed by atoms with Crippen LogP contribution in [-0.2, 0) is 6.42 Å². The first-order chi connectivity index (χ1) is 26.7. The predicted molar refractivity (Wildman–Crippen MR) is 219 cm³/mol. The van der Waals surface area contributed by atoms with Crippen molar-refractivity contribution in [3.8, 4) is 56.4 Å². The lowest BCUT2D eigenvalue weighted by molar-refractivity contribution is 0.546. The van der Waals surface area contributed by atoms with Gasteiger partial charge < -0.3 is 8.83 Å². The number of aromatic nitrogens is 3. The van der Waals surface area contributed by atoms with Gasteiger partial charge in [0.1, 0.15) is 22.5 Å². The van der Waals surface area contributed by atoms with Crippen LogP contribution >= 0.6 is 0 Å². The lowest BCUT2D eigenvalue weighted by Crippen LogP contribution is -2.00. The summed E-state index contributed by atoms with van der Waals surface area (Å²) in [4.78, 5) is 15.3. The first kappa shape index (κ1) is 30.5.